The minimum Gasteiger partial charge on any atom is -0.336 e. The fraction of sp³-hybridized carbons (Fsp3) is 0.840. The Morgan fingerprint density at radius 1 is 1.16 bits per heavy atom. The molecule has 0 aromatic rings. The SMILES string of the molecule is O=C1N[C@H]2[C@H](CS[C@H]2CCCCC(=O)N2CCCC3=C[C@H]4C[C@H](CN5CCCC[C@@H]45)[C@@H]32)N1. The number of fused-ring (bicyclic) bond motifs is 7. The third-order valence-corrected chi connectivity index (χ3v) is 10.6. The molecule has 5 fully saturated rings. The summed E-state index contributed by atoms with van der Waals surface area (Å²) < 4.78 is 0. The van der Waals surface area contributed by atoms with Gasteiger partial charge in [-0.2, -0.15) is 11.8 Å². The molecule has 6 rings (SSSR count). The number of thioether (sulfide) groups is 1. The second kappa shape index (κ2) is 8.86. The van der Waals surface area contributed by atoms with Crippen molar-refractivity contribution in [3.05, 3.63) is 11.6 Å². The van der Waals surface area contributed by atoms with Gasteiger partial charge in [0.05, 0.1) is 18.1 Å². The Morgan fingerprint density at radius 2 is 2.09 bits per heavy atom. The standard InChI is InChI=1S/C25H38N4O2S/c30-22(9-2-1-8-21-23-19(15-32-21)26-25(31)27-23)29-11-5-6-16-12-17-13-18(24(16)29)14-28-10-4-3-7-20(17)28/h12,17-21,23-24H,1-11,13-15H2,(H2,26,27,31)/t17-,18+,19-,20-,21-,23-,24+/m0/s1. The number of rotatable bonds is 5. The summed E-state index contributed by atoms with van der Waals surface area (Å²) in [5.41, 5.74) is 1.59. The molecule has 2 bridgehead atoms. The van der Waals surface area contributed by atoms with Crippen LogP contribution in [0.25, 0.3) is 0 Å². The third kappa shape index (κ3) is 3.87. The zero-order valence-electron chi connectivity index (χ0n) is 19.1. The average Bonchev–Trinajstić information content (AvgIpc) is 3.35. The van der Waals surface area contributed by atoms with Gasteiger partial charge in [0.15, 0.2) is 0 Å². The number of carbonyl (C=O) groups excluding carboxylic acids is 2. The molecule has 0 saturated carbocycles. The van der Waals surface area contributed by atoms with E-state index in [-0.39, 0.29) is 12.1 Å². The highest BCUT2D eigenvalue weighted by Gasteiger charge is 2.47. The van der Waals surface area contributed by atoms with Gasteiger partial charge >= 0.3 is 6.03 Å². The predicted octanol–water partition coefficient (Wildman–Crippen LogP) is 3.13. The monoisotopic (exact) mass is 458 g/mol. The van der Waals surface area contributed by atoms with Crippen molar-refractivity contribution in [3.63, 3.8) is 0 Å². The summed E-state index contributed by atoms with van der Waals surface area (Å²) in [5, 5.41) is 6.59. The molecule has 7 heteroatoms. The summed E-state index contributed by atoms with van der Waals surface area (Å²) in [6, 6.07) is 1.71. The number of nitrogens with zero attached hydrogens (tertiary/aromatic N) is 2. The average molecular weight is 459 g/mol. The van der Waals surface area contributed by atoms with E-state index >= 15 is 0 Å². The van der Waals surface area contributed by atoms with E-state index in [1.807, 2.05) is 11.8 Å². The summed E-state index contributed by atoms with van der Waals surface area (Å²) in [6.07, 6.45) is 14.2. The second-order valence-electron chi connectivity index (χ2n) is 11.0. The van der Waals surface area contributed by atoms with Crippen LogP contribution in [0, 0.1) is 11.8 Å². The Morgan fingerprint density at radius 3 is 3.03 bits per heavy atom. The number of amides is 3. The maximum Gasteiger partial charge on any atom is 0.315 e. The molecular weight excluding hydrogens is 420 g/mol. The molecule has 0 aromatic heterocycles. The van der Waals surface area contributed by atoms with Crippen LogP contribution in [-0.4, -0.2) is 76.5 Å². The molecule has 3 amide bonds. The van der Waals surface area contributed by atoms with E-state index in [4.69, 9.17) is 0 Å². The first-order valence-electron chi connectivity index (χ1n) is 13.1. The van der Waals surface area contributed by atoms with Crippen molar-refractivity contribution in [2.75, 3.05) is 25.4 Å². The Balaban J connectivity index is 1.04. The van der Waals surface area contributed by atoms with Crippen molar-refractivity contribution in [2.45, 2.75) is 93.6 Å². The van der Waals surface area contributed by atoms with Crippen molar-refractivity contribution < 1.29 is 9.59 Å². The largest absolute Gasteiger partial charge is 0.336 e. The van der Waals surface area contributed by atoms with Gasteiger partial charge in [0.2, 0.25) is 5.91 Å². The summed E-state index contributed by atoms with van der Waals surface area (Å²) >= 11 is 1.97. The van der Waals surface area contributed by atoms with E-state index in [1.165, 1.54) is 45.2 Å². The number of urea groups is 1. The minimum atomic E-state index is -0.0113. The molecule has 0 unspecified atom stereocenters. The second-order valence-corrected chi connectivity index (χ2v) is 12.2. The normalized spacial score (nSPS) is 40.6. The lowest BCUT2D eigenvalue weighted by molar-refractivity contribution is -0.136. The molecule has 1 aliphatic carbocycles. The molecule has 5 aliphatic heterocycles. The molecule has 176 valence electrons. The molecule has 2 N–H and O–H groups in total. The molecule has 0 aromatic carbocycles. The van der Waals surface area contributed by atoms with E-state index in [1.54, 1.807) is 5.57 Å². The zero-order chi connectivity index (χ0) is 21.7. The van der Waals surface area contributed by atoms with Crippen molar-refractivity contribution >= 4 is 23.7 Å². The smallest absolute Gasteiger partial charge is 0.315 e. The number of hydrogen-bond acceptors (Lipinski definition) is 4. The molecule has 32 heavy (non-hydrogen) atoms. The quantitative estimate of drug-likeness (QED) is 0.377. The number of likely N-dealkylation sites (tertiary alicyclic amines) is 1. The van der Waals surface area contributed by atoms with Crippen LogP contribution in [0.15, 0.2) is 11.6 Å². The third-order valence-electron chi connectivity index (χ3n) is 9.04. The molecule has 5 heterocycles. The van der Waals surface area contributed by atoms with Crippen molar-refractivity contribution in [2.24, 2.45) is 11.8 Å². The fourth-order valence-electron chi connectivity index (χ4n) is 7.66. The van der Waals surface area contributed by atoms with Gasteiger partial charge < -0.3 is 15.5 Å². The molecular formula is C25H38N4O2S. The van der Waals surface area contributed by atoms with Crippen LogP contribution in [0.5, 0.6) is 0 Å². The topological polar surface area (TPSA) is 64.7 Å². The van der Waals surface area contributed by atoms with Gasteiger partial charge in [0, 0.05) is 36.6 Å². The van der Waals surface area contributed by atoms with Crippen LogP contribution in [0.1, 0.15) is 64.2 Å². The van der Waals surface area contributed by atoms with Crippen molar-refractivity contribution in [1.29, 1.82) is 0 Å². The summed E-state index contributed by atoms with van der Waals surface area (Å²) in [7, 11) is 0. The molecule has 6 aliphatic rings. The number of hydrogen-bond donors (Lipinski definition) is 2. The van der Waals surface area contributed by atoms with Crippen LogP contribution >= 0.6 is 11.8 Å². The number of unbranched alkanes of at least 4 members (excludes halogenated alkanes) is 1. The van der Waals surface area contributed by atoms with Crippen molar-refractivity contribution in [3.8, 4) is 0 Å². The predicted molar refractivity (Wildman–Crippen MR) is 128 cm³/mol. The lowest BCUT2D eigenvalue weighted by Gasteiger charge is -2.54. The maximum atomic E-state index is 13.3. The van der Waals surface area contributed by atoms with Gasteiger partial charge in [-0.3, -0.25) is 9.69 Å². The van der Waals surface area contributed by atoms with Gasteiger partial charge in [-0.1, -0.05) is 24.5 Å². The summed E-state index contributed by atoms with van der Waals surface area (Å²) in [5.74, 6) is 2.77. The summed E-state index contributed by atoms with van der Waals surface area (Å²) in [4.78, 5) is 29.9. The van der Waals surface area contributed by atoms with Crippen LogP contribution in [0.3, 0.4) is 0 Å². The van der Waals surface area contributed by atoms with Gasteiger partial charge in [0.1, 0.15) is 0 Å². The highest BCUT2D eigenvalue weighted by molar-refractivity contribution is 8.00. The van der Waals surface area contributed by atoms with E-state index in [2.05, 4.69) is 26.5 Å². The first-order chi connectivity index (χ1) is 15.7. The Kier molecular flexibility index (Phi) is 5.91. The fourth-order valence-corrected chi connectivity index (χ4v) is 9.21. The summed E-state index contributed by atoms with van der Waals surface area (Å²) in [6.45, 7) is 3.41. The molecule has 0 spiro atoms. The van der Waals surface area contributed by atoms with Crippen LogP contribution in [-0.2, 0) is 4.79 Å². The van der Waals surface area contributed by atoms with Gasteiger partial charge in [-0.25, -0.2) is 4.79 Å². The molecule has 5 saturated heterocycles. The Labute approximate surface area is 196 Å². The highest BCUT2D eigenvalue weighted by atomic mass is 32.2. The van der Waals surface area contributed by atoms with E-state index in [9.17, 15) is 9.59 Å². The molecule has 6 nitrogen and oxygen atoms in total. The minimum absolute atomic E-state index is 0.0113. The van der Waals surface area contributed by atoms with Gasteiger partial charge in [0.25, 0.3) is 0 Å². The van der Waals surface area contributed by atoms with E-state index in [0.717, 1.165) is 49.9 Å². The number of nitrogens with one attached hydrogen (secondary N) is 2. The highest BCUT2D eigenvalue weighted by Crippen LogP contribution is 2.45. The Hall–Kier alpha value is -1.21. The maximum absolute atomic E-state index is 13.3. The van der Waals surface area contributed by atoms with Crippen molar-refractivity contribution in [1.82, 2.24) is 20.4 Å². The van der Waals surface area contributed by atoms with E-state index in [0.29, 0.717) is 35.6 Å². The molecule has 7 atom stereocenters. The van der Waals surface area contributed by atoms with Gasteiger partial charge in [-0.15, -0.1) is 0 Å². The number of piperidine rings is 3. The van der Waals surface area contributed by atoms with E-state index < -0.39 is 0 Å². The lowest BCUT2D eigenvalue weighted by Crippen LogP contribution is -2.60. The van der Waals surface area contributed by atoms with Crippen LogP contribution < -0.4 is 10.6 Å². The first kappa shape index (κ1) is 21.3. The Bertz CT molecular complexity index is 788. The lowest BCUT2D eigenvalue weighted by atomic mass is 9.68. The van der Waals surface area contributed by atoms with Crippen LogP contribution in [0.2, 0.25) is 0 Å². The van der Waals surface area contributed by atoms with Crippen LogP contribution in [0.4, 0.5) is 4.79 Å². The zero-order valence-corrected chi connectivity index (χ0v) is 20.0. The first-order valence-corrected chi connectivity index (χ1v) is 14.1. The van der Waals surface area contributed by atoms with Gasteiger partial charge in [-0.05, 0) is 63.3 Å². The number of carbonyl (C=O) groups is 2. The molecule has 0 radical (unpaired) electrons.